The van der Waals surface area contributed by atoms with Crippen molar-refractivity contribution in [2.24, 2.45) is 0 Å². The third kappa shape index (κ3) is 2.21. The predicted octanol–water partition coefficient (Wildman–Crippen LogP) is 1.17. The van der Waals surface area contributed by atoms with Crippen LogP contribution in [0.25, 0.3) is 0 Å². The molecule has 11 heteroatoms. The molecule has 0 radical (unpaired) electrons. The van der Waals surface area contributed by atoms with Gasteiger partial charge in [-0.25, -0.2) is 4.79 Å². The maximum absolute atomic E-state index is 12.0. The van der Waals surface area contributed by atoms with Crippen molar-refractivity contribution in [2.45, 2.75) is 11.4 Å². The Morgan fingerprint density at radius 3 is 1.71 bits per heavy atom. The van der Waals surface area contributed by atoms with Crippen LogP contribution in [0, 0.1) is 0 Å². The van der Waals surface area contributed by atoms with Gasteiger partial charge in [-0.3, -0.25) is 0 Å². The summed E-state index contributed by atoms with van der Waals surface area (Å²) in [6.07, 6.45) is -9.23. The van der Waals surface area contributed by atoms with Gasteiger partial charge in [0.2, 0.25) is 0 Å². The molecule has 0 aromatic heterocycles. The van der Waals surface area contributed by atoms with Crippen LogP contribution < -0.4 is 0 Å². The maximum atomic E-state index is 12.0. The molecule has 0 aliphatic heterocycles. The molecule has 0 aromatic carbocycles. The molecule has 0 rings (SSSR count). The molecule has 0 unspecified atom stereocenters. The van der Waals surface area contributed by atoms with E-state index in [0.29, 0.717) is 0 Å². The topological polar surface area (TPSA) is 80.7 Å². The van der Waals surface area contributed by atoms with E-state index in [2.05, 4.69) is 4.18 Å². The van der Waals surface area contributed by atoms with Gasteiger partial charge in [0, 0.05) is 0 Å². The largest absolute Gasteiger partial charge is 0.521 e. The summed E-state index contributed by atoms with van der Waals surface area (Å²) in [5, 5.41) is 1.31. The first kappa shape index (κ1) is 12.9. The summed E-state index contributed by atoms with van der Waals surface area (Å²) >= 11 is 0. The van der Waals surface area contributed by atoms with Gasteiger partial charge in [-0.15, -0.1) is 0 Å². The van der Waals surface area contributed by atoms with Crippen molar-refractivity contribution in [3.05, 3.63) is 0 Å². The van der Waals surface area contributed by atoms with Crippen LogP contribution >= 0.6 is 0 Å². The SMILES string of the molecule is O=C(O)OS(=O)(=O)C(F)(F)C(F)(F)F. The van der Waals surface area contributed by atoms with Crippen LogP contribution in [0.4, 0.5) is 26.7 Å². The molecule has 0 amide bonds. The molecule has 0 fully saturated rings. The van der Waals surface area contributed by atoms with E-state index in [1.54, 1.807) is 0 Å². The van der Waals surface area contributed by atoms with Gasteiger partial charge >= 0.3 is 27.7 Å². The minimum Gasteiger partial charge on any atom is -0.449 e. The average Bonchev–Trinajstić information content (AvgIpc) is 1.80. The molecule has 0 spiro atoms. The second-order valence-electron chi connectivity index (χ2n) is 1.82. The van der Waals surface area contributed by atoms with Gasteiger partial charge in [-0.05, 0) is 0 Å². The lowest BCUT2D eigenvalue weighted by atomic mass is 10.7. The number of carbonyl (C=O) groups is 1. The minimum atomic E-state index is -6.57. The Kier molecular flexibility index (Phi) is 2.96. The first-order valence-electron chi connectivity index (χ1n) is 2.53. The van der Waals surface area contributed by atoms with Crippen molar-refractivity contribution >= 4 is 16.3 Å². The smallest absolute Gasteiger partial charge is 0.449 e. The van der Waals surface area contributed by atoms with Crippen molar-refractivity contribution < 1.29 is 44.5 Å². The zero-order valence-electron chi connectivity index (χ0n) is 5.88. The molecule has 84 valence electrons. The van der Waals surface area contributed by atoms with Gasteiger partial charge in [-0.2, -0.15) is 30.4 Å². The van der Waals surface area contributed by atoms with Crippen LogP contribution in [0.2, 0.25) is 0 Å². The lowest BCUT2D eigenvalue weighted by Gasteiger charge is -2.17. The zero-order valence-corrected chi connectivity index (χ0v) is 6.69. The van der Waals surface area contributed by atoms with E-state index in [0.717, 1.165) is 0 Å². The van der Waals surface area contributed by atoms with Gasteiger partial charge in [-0.1, -0.05) is 0 Å². The standard InChI is InChI=1S/C3HF5O5S/c4-2(5,6)3(7,8)14(11,12)13-1(9)10/h(H,9,10). The lowest BCUT2D eigenvalue weighted by molar-refractivity contribution is -0.243. The number of hydrogen-bond donors (Lipinski definition) is 1. The first-order chi connectivity index (χ1) is 5.92. The summed E-state index contributed by atoms with van der Waals surface area (Å²) in [6, 6.07) is 0. The molecular weight excluding hydrogens is 243 g/mol. The summed E-state index contributed by atoms with van der Waals surface area (Å²) in [5.74, 6) is 0. The molecule has 0 aliphatic rings. The van der Waals surface area contributed by atoms with Gasteiger partial charge in [0.25, 0.3) is 0 Å². The molecule has 14 heavy (non-hydrogen) atoms. The Bertz CT molecular complexity index is 328. The van der Waals surface area contributed by atoms with E-state index >= 15 is 0 Å². The Morgan fingerprint density at radius 1 is 1.14 bits per heavy atom. The molecule has 0 aromatic rings. The van der Waals surface area contributed by atoms with Crippen LogP contribution in [0.15, 0.2) is 0 Å². The summed E-state index contributed by atoms with van der Waals surface area (Å²) < 4.78 is 80.6. The normalized spacial score (nSPS) is 13.8. The van der Waals surface area contributed by atoms with E-state index in [-0.39, 0.29) is 0 Å². The number of halogens is 5. The Balaban J connectivity index is 5.20. The number of alkyl halides is 5. The van der Waals surface area contributed by atoms with Gasteiger partial charge in [0.1, 0.15) is 0 Å². The third-order valence-corrected chi connectivity index (χ3v) is 2.05. The van der Waals surface area contributed by atoms with Crippen LogP contribution in [0.1, 0.15) is 0 Å². The molecule has 5 nitrogen and oxygen atoms in total. The summed E-state index contributed by atoms with van der Waals surface area (Å²) in [6.45, 7) is 0. The third-order valence-electron chi connectivity index (χ3n) is 0.825. The second-order valence-corrected chi connectivity index (χ2v) is 3.41. The van der Waals surface area contributed by atoms with Crippen molar-refractivity contribution in [1.29, 1.82) is 0 Å². The quantitative estimate of drug-likeness (QED) is 0.582. The van der Waals surface area contributed by atoms with Gasteiger partial charge < -0.3 is 9.29 Å². The van der Waals surface area contributed by atoms with Crippen molar-refractivity contribution in [1.82, 2.24) is 0 Å². The van der Waals surface area contributed by atoms with E-state index in [1.807, 2.05) is 0 Å². The van der Waals surface area contributed by atoms with E-state index in [1.165, 1.54) is 0 Å². The van der Waals surface area contributed by atoms with Crippen molar-refractivity contribution in [2.75, 3.05) is 0 Å². The van der Waals surface area contributed by atoms with E-state index in [9.17, 15) is 35.2 Å². The molecule has 0 saturated heterocycles. The monoisotopic (exact) mass is 244 g/mol. The van der Waals surface area contributed by atoms with Gasteiger partial charge in [0.15, 0.2) is 0 Å². The van der Waals surface area contributed by atoms with Gasteiger partial charge in [0.05, 0.1) is 0 Å². The minimum absolute atomic E-state index is 2.45. The second kappa shape index (κ2) is 3.22. The molecule has 0 bridgehead atoms. The first-order valence-corrected chi connectivity index (χ1v) is 3.94. The Hall–Kier alpha value is -1.13. The fourth-order valence-electron chi connectivity index (χ4n) is 0.288. The molecule has 1 N–H and O–H groups in total. The zero-order chi connectivity index (χ0) is 11.8. The summed E-state index contributed by atoms with van der Waals surface area (Å²) in [7, 11) is -6.57. The van der Waals surface area contributed by atoms with Crippen LogP contribution in [-0.2, 0) is 14.3 Å². The Labute approximate surface area is 73.2 Å². The molecule has 0 aliphatic carbocycles. The average molecular weight is 244 g/mol. The summed E-state index contributed by atoms with van der Waals surface area (Å²) in [4.78, 5) is 9.49. The molecule has 0 atom stereocenters. The number of hydrogen-bond acceptors (Lipinski definition) is 4. The summed E-state index contributed by atoms with van der Waals surface area (Å²) in [5.41, 5.74) is 0. The molecule has 0 saturated carbocycles. The number of rotatable bonds is 2. The number of carboxylic acid groups (broad SMARTS) is 1. The highest BCUT2D eigenvalue weighted by Crippen LogP contribution is 2.40. The highest BCUT2D eigenvalue weighted by Gasteiger charge is 2.69. The van der Waals surface area contributed by atoms with Crippen LogP contribution in [-0.4, -0.2) is 31.1 Å². The Morgan fingerprint density at radius 2 is 1.50 bits per heavy atom. The molecular formula is C3HF5O5S. The van der Waals surface area contributed by atoms with Crippen molar-refractivity contribution in [3.63, 3.8) is 0 Å². The predicted molar refractivity (Wildman–Crippen MR) is 29.0 cm³/mol. The highest BCUT2D eigenvalue weighted by molar-refractivity contribution is 7.88. The van der Waals surface area contributed by atoms with Crippen molar-refractivity contribution in [3.8, 4) is 0 Å². The fourth-order valence-corrected chi connectivity index (χ4v) is 0.864. The van der Waals surface area contributed by atoms with E-state index < -0.39 is 27.7 Å². The lowest BCUT2D eigenvalue weighted by Crippen LogP contribution is -2.45. The fraction of sp³-hybridized carbons (Fsp3) is 0.667. The van der Waals surface area contributed by atoms with Crippen LogP contribution in [0.3, 0.4) is 0 Å². The maximum Gasteiger partial charge on any atom is 0.521 e. The van der Waals surface area contributed by atoms with E-state index in [4.69, 9.17) is 5.11 Å². The molecule has 0 heterocycles. The highest BCUT2D eigenvalue weighted by atomic mass is 32.2. The van der Waals surface area contributed by atoms with Crippen LogP contribution in [0.5, 0.6) is 0 Å².